The van der Waals surface area contributed by atoms with Gasteiger partial charge in [-0.3, -0.25) is 4.79 Å². The number of ether oxygens (including phenoxy) is 11. The van der Waals surface area contributed by atoms with E-state index in [1.807, 2.05) is 54.6 Å². The van der Waals surface area contributed by atoms with E-state index in [2.05, 4.69) is 36.4 Å². The van der Waals surface area contributed by atoms with Gasteiger partial charge in [-0.1, -0.05) is 91.0 Å². The number of aldehydes is 1. The van der Waals surface area contributed by atoms with Gasteiger partial charge in [-0.25, -0.2) is 0 Å². The fraction of sp³-hybridized carbons (Fsp3) is 0.457. The van der Waals surface area contributed by atoms with Crippen LogP contribution in [0.3, 0.4) is 0 Å². The van der Waals surface area contributed by atoms with E-state index in [1.165, 1.54) is 0 Å². The quantitative estimate of drug-likeness (QED) is 0.0303. The Balaban J connectivity index is 0.864. The summed E-state index contributed by atoms with van der Waals surface area (Å²) in [5.41, 5.74) is 3.05. The summed E-state index contributed by atoms with van der Waals surface area (Å²) in [5.74, 6) is 0.702. The third-order valence-electron chi connectivity index (χ3n) is 8.58. The largest absolute Gasteiger partial charge is 0.491 e. The highest BCUT2D eigenvalue weighted by Crippen LogP contribution is 2.40. The van der Waals surface area contributed by atoms with Gasteiger partial charge >= 0.3 is 0 Å². The monoisotopic (exact) mass is 804 g/mol. The van der Waals surface area contributed by atoms with Crippen LogP contribution in [0.5, 0.6) is 5.75 Å². The average molecular weight is 805 g/mol. The van der Waals surface area contributed by atoms with Crippen LogP contribution in [-0.2, 0) is 53.0 Å². The number of carbonyl (C=O) groups excluding carboxylic acids is 1. The molecule has 4 rings (SSSR count). The topological polar surface area (TPSA) is 119 Å². The molecule has 0 bridgehead atoms. The molecule has 0 amide bonds. The maximum absolute atomic E-state index is 10.7. The van der Waals surface area contributed by atoms with Crippen molar-refractivity contribution in [2.24, 2.45) is 0 Å². The summed E-state index contributed by atoms with van der Waals surface area (Å²) in [6.45, 7) is 9.49. The molecule has 4 aromatic rings. The number of rotatable bonds is 36. The second-order valence-corrected chi connectivity index (χ2v) is 12.7. The van der Waals surface area contributed by atoms with Crippen molar-refractivity contribution in [1.82, 2.24) is 0 Å². The molecule has 0 atom stereocenters. The van der Waals surface area contributed by atoms with Crippen molar-refractivity contribution in [3.8, 4) is 5.75 Å². The second-order valence-electron chi connectivity index (χ2n) is 12.7. The highest BCUT2D eigenvalue weighted by Gasteiger charge is 2.37. The number of benzene rings is 4. The number of hydrogen-bond acceptors (Lipinski definition) is 12. The molecule has 12 nitrogen and oxygen atoms in total. The van der Waals surface area contributed by atoms with Crippen molar-refractivity contribution in [1.29, 1.82) is 0 Å². The minimum absolute atomic E-state index is 0.411. The number of carbonyl (C=O) groups is 1. The lowest BCUT2D eigenvalue weighted by atomic mass is 9.80. The maximum Gasteiger partial charge on any atom is 0.150 e. The van der Waals surface area contributed by atoms with E-state index in [9.17, 15) is 4.79 Å². The normalized spacial score (nSPS) is 11.5. The van der Waals surface area contributed by atoms with E-state index in [-0.39, 0.29) is 0 Å². The Bertz CT molecular complexity index is 1450. The van der Waals surface area contributed by atoms with E-state index in [1.54, 1.807) is 24.3 Å². The van der Waals surface area contributed by atoms with Crippen molar-refractivity contribution in [3.63, 3.8) is 0 Å². The molecule has 0 aliphatic carbocycles. The SMILES string of the molecule is O=Cc1ccc(OCCOCCOCCOCCOCCOCCOCCOCCOCCOCCOC(c2ccccc2)(c2ccccc2)c2ccccc2)cc1. The minimum atomic E-state index is -0.756. The molecule has 0 spiro atoms. The standard InChI is InChI=1S/C46H60O12/c47-40-41-16-18-45(19-17-41)57-38-36-55-34-32-53-30-28-51-26-24-49-22-20-48-21-23-50-25-27-52-29-31-54-33-35-56-37-39-58-46(42-10-4-1-5-11-42,43-12-6-2-7-13-43)44-14-8-3-9-15-44/h1-19,40H,20-39H2. The summed E-state index contributed by atoms with van der Waals surface area (Å²) in [5, 5.41) is 0. The van der Waals surface area contributed by atoms with Crippen molar-refractivity contribution < 1.29 is 56.9 Å². The Morgan fingerprint density at radius 2 is 0.603 bits per heavy atom. The van der Waals surface area contributed by atoms with E-state index >= 15 is 0 Å². The lowest BCUT2D eigenvalue weighted by Crippen LogP contribution is -2.34. The highest BCUT2D eigenvalue weighted by molar-refractivity contribution is 5.74. The average Bonchev–Trinajstić information content (AvgIpc) is 3.28. The van der Waals surface area contributed by atoms with Gasteiger partial charge < -0.3 is 52.1 Å². The van der Waals surface area contributed by atoms with Crippen molar-refractivity contribution in [2.75, 3.05) is 132 Å². The molecule has 0 saturated carbocycles. The zero-order chi connectivity index (χ0) is 40.4. The molecule has 0 N–H and O–H groups in total. The number of hydrogen-bond donors (Lipinski definition) is 0. The van der Waals surface area contributed by atoms with Gasteiger partial charge in [0.05, 0.1) is 126 Å². The van der Waals surface area contributed by atoms with Crippen LogP contribution in [0, 0.1) is 0 Å². The maximum atomic E-state index is 10.7. The van der Waals surface area contributed by atoms with Gasteiger partial charge in [-0.2, -0.15) is 0 Å². The van der Waals surface area contributed by atoms with Crippen LogP contribution < -0.4 is 4.74 Å². The van der Waals surface area contributed by atoms with Gasteiger partial charge in [-0.15, -0.1) is 0 Å². The van der Waals surface area contributed by atoms with Crippen LogP contribution in [0.4, 0.5) is 0 Å². The smallest absolute Gasteiger partial charge is 0.150 e. The predicted octanol–water partition coefficient (Wildman–Crippen LogP) is 6.04. The molecule has 0 aromatic heterocycles. The summed E-state index contributed by atoms with van der Waals surface area (Å²) in [4.78, 5) is 10.7. The van der Waals surface area contributed by atoms with Gasteiger partial charge in [0.2, 0.25) is 0 Å². The molecule has 316 valence electrons. The Hall–Kier alpha value is -4.05. The first-order valence-electron chi connectivity index (χ1n) is 20.0. The van der Waals surface area contributed by atoms with Gasteiger partial charge in [0.1, 0.15) is 24.2 Å². The Morgan fingerprint density at radius 1 is 0.328 bits per heavy atom. The molecule has 0 aliphatic rings. The van der Waals surface area contributed by atoms with Gasteiger partial charge in [0.25, 0.3) is 0 Å². The van der Waals surface area contributed by atoms with E-state index in [0.29, 0.717) is 143 Å². The molecule has 58 heavy (non-hydrogen) atoms. The van der Waals surface area contributed by atoms with Gasteiger partial charge in [0.15, 0.2) is 0 Å². The Labute approximate surface area is 343 Å². The zero-order valence-corrected chi connectivity index (χ0v) is 33.6. The molecule has 4 aromatic carbocycles. The molecule has 0 unspecified atom stereocenters. The van der Waals surface area contributed by atoms with Gasteiger partial charge in [-0.05, 0) is 41.0 Å². The van der Waals surface area contributed by atoms with Crippen LogP contribution in [0.2, 0.25) is 0 Å². The summed E-state index contributed by atoms with van der Waals surface area (Å²) in [6.07, 6.45) is 0.799. The third kappa shape index (κ3) is 18.7. The summed E-state index contributed by atoms with van der Waals surface area (Å²) in [7, 11) is 0. The zero-order valence-electron chi connectivity index (χ0n) is 33.6. The van der Waals surface area contributed by atoms with Crippen LogP contribution in [0.1, 0.15) is 27.0 Å². The molecule has 0 radical (unpaired) electrons. The van der Waals surface area contributed by atoms with Crippen LogP contribution in [0.15, 0.2) is 115 Å². The van der Waals surface area contributed by atoms with Crippen LogP contribution >= 0.6 is 0 Å². The Morgan fingerprint density at radius 3 is 0.897 bits per heavy atom. The first-order chi connectivity index (χ1) is 28.8. The van der Waals surface area contributed by atoms with E-state index < -0.39 is 5.60 Å². The summed E-state index contributed by atoms with van der Waals surface area (Å²) < 4.78 is 62.5. The molecular formula is C46H60O12. The first kappa shape index (κ1) is 46.6. The van der Waals surface area contributed by atoms with Crippen LogP contribution in [0.25, 0.3) is 0 Å². The minimum Gasteiger partial charge on any atom is -0.491 e. The summed E-state index contributed by atoms with van der Waals surface area (Å²) in [6, 6.07) is 37.9. The van der Waals surface area contributed by atoms with E-state index in [0.717, 1.165) is 23.0 Å². The Kier molecular flexibility index (Phi) is 24.9. The molecule has 0 aliphatic heterocycles. The molecule has 0 saturated heterocycles. The lowest BCUT2D eigenvalue weighted by molar-refractivity contribution is -0.0399. The van der Waals surface area contributed by atoms with E-state index in [4.69, 9.17) is 52.1 Å². The van der Waals surface area contributed by atoms with Crippen molar-refractivity contribution in [3.05, 3.63) is 138 Å². The van der Waals surface area contributed by atoms with Crippen molar-refractivity contribution >= 4 is 6.29 Å². The fourth-order valence-corrected chi connectivity index (χ4v) is 5.74. The summed E-state index contributed by atoms with van der Waals surface area (Å²) >= 11 is 0. The van der Waals surface area contributed by atoms with Crippen LogP contribution in [-0.4, -0.2) is 138 Å². The fourth-order valence-electron chi connectivity index (χ4n) is 5.74. The third-order valence-corrected chi connectivity index (χ3v) is 8.58. The lowest BCUT2D eigenvalue weighted by Gasteiger charge is -2.36. The molecular weight excluding hydrogens is 744 g/mol. The van der Waals surface area contributed by atoms with Gasteiger partial charge in [0, 0.05) is 5.56 Å². The van der Waals surface area contributed by atoms with Crippen molar-refractivity contribution in [2.45, 2.75) is 5.60 Å². The highest BCUT2D eigenvalue weighted by atomic mass is 16.6. The molecule has 0 heterocycles. The second kappa shape index (κ2) is 30.9. The molecule has 0 fully saturated rings. The molecule has 12 heteroatoms. The predicted molar refractivity (Wildman–Crippen MR) is 220 cm³/mol. The first-order valence-corrected chi connectivity index (χ1v) is 20.0.